The lowest BCUT2D eigenvalue weighted by molar-refractivity contribution is 0.183. The largest absolute Gasteiger partial charge is 0.496 e. The molecular weight excluding hydrogens is 364 g/mol. The molecule has 1 atom stereocenters. The average molecular weight is 388 g/mol. The van der Waals surface area contributed by atoms with Gasteiger partial charge in [-0.2, -0.15) is 0 Å². The molecule has 2 aromatic carbocycles. The molecule has 3 aromatic rings. The summed E-state index contributed by atoms with van der Waals surface area (Å²) in [5.74, 6) is 0.671. The Kier molecular flexibility index (Phi) is 5.28. The van der Waals surface area contributed by atoms with Crippen molar-refractivity contribution < 1.29 is 18.3 Å². The van der Waals surface area contributed by atoms with Gasteiger partial charge in [-0.25, -0.2) is 13.1 Å². The van der Waals surface area contributed by atoms with Gasteiger partial charge in [-0.05, 0) is 43.2 Å². The lowest BCUT2D eigenvalue weighted by atomic mass is 10.1. The lowest BCUT2D eigenvalue weighted by Gasteiger charge is -2.14. The summed E-state index contributed by atoms with van der Waals surface area (Å²) >= 11 is 0. The lowest BCUT2D eigenvalue weighted by Crippen LogP contribution is -2.28. The van der Waals surface area contributed by atoms with E-state index in [0.29, 0.717) is 11.3 Å². The number of benzene rings is 2. The number of fused-ring (bicyclic) bond motifs is 1. The van der Waals surface area contributed by atoms with Crippen LogP contribution in [0.4, 0.5) is 0 Å². The van der Waals surface area contributed by atoms with Gasteiger partial charge in [0.05, 0.1) is 18.1 Å². The Hall–Kier alpha value is -2.35. The first-order chi connectivity index (χ1) is 12.7. The zero-order chi connectivity index (χ0) is 19.8. The van der Waals surface area contributed by atoms with E-state index in [-0.39, 0.29) is 11.4 Å². The molecule has 0 bridgehead atoms. The molecular formula is C20H24N2O4S. The maximum atomic E-state index is 12.7. The van der Waals surface area contributed by atoms with Crippen LogP contribution in [0.15, 0.2) is 47.5 Å². The maximum Gasteiger partial charge on any atom is 0.240 e. The molecule has 0 spiro atoms. The van der Waals surface area contributed by atoms with Gasteiger partial charge in [0, 0.05) is 36.3 Å². The van der Waals surface area contributed by atoms with Gasteiger partial charge in [-0.1, -0.05) is 18.2 Å². The fourth-order valence-electron chi connectivity index (χ4n) is 3.41. The molecule has 0 aliphatic rings. The van der Waals surface area contributed by atoms with Gasteiger partial charge in [0.1, 0.15) is 5.75 Å². The molecule has 7 heteroatoms. The van der Waals surface area contributed by atoms with E-state index < -0.39 is 16.1 Å². The maximum absolute atomic E-state index is 12.7. The number of para-hydroxylation sites is 1. The Labute approximate surface area is 159 Å². The molecule has 0 radical (unpaired) electrons. The van der Waals surface area contributed by atoms with Crippen molar-refractivity contribution >= 4 is 20.9 Å². The first-order valence-corrected chi connectivity index (χ1v) is 10.1. The normalized spacial score (nSPS) is 13.1. The highest BCUT2D eigenvalue weighted by molar-refractivity contribution is 7.89. The van der Waals surface area contributed by atoms with Gasteiger partial charge in [-0.15, -0.1) is 0 Å². The van der Waals surface area contributed by atoms with Crippen LogP contribution in [0.2, 0.25) is 0 Å². The zero-order valence-corrected chi connectivity index (χ0v) is 16.7. The highest BCUT2D eigenvalue weighted by Crippen LogP contribution is 2.28. The number of hydrogen-bond acceptors (Lipinski definition) is 4. The summed E-state index contributed by atoms with van der Waals surface area (Å²) < 4.78 is 35.1. The number of rotatable bonds is 6. The van der Waals surface area contributed by atoms with Crippen molar-refractivity contribution in [1.29, 1.82) is 0 Å². The average Bonchev–Trinajstić information content (AvgIpc) is 2.97. The minimum absolute atomic E-state index is 0.111. The Morgan fingerprint density at radius 2 is 1.81 bits per heavy atom. The van der Waals surface area contributed by atoms with Gasteiger partial charge in [-0.3, -0.25) is 0 Å². The van der Waals surface area contributed by atoms with Crippen molar-refractivity contribution in [2.45, 2.75) is 24.8 Å². The quantitative estimate of drug-likeness (QED) is 0.680. The number of methoxy groups -OCH3 is 1. The number of sulfonamides is 1. The molecule has 6 nitrogen and oxygen atoms in total. The summed E-state index contributed by atoms with van der Waals surface area (Å²) in [6.45, 7) is 3.49. The molecule has 0 saturated heterocycles. The summed E-state index contributed by atoms with van der Waals surface area (Å²) in [5.41, 5.74) is 3.16. The summed E-state index contributed by atoms with van der Waals surface area (Å²) in [5, 5.41) is 11.5. The minimum Gasteiger partial charge on any atom is -0.496 e. The van der Waals surface area contributed by atoms with Crippen molar-refractivity contribution in [3.63, 3.8) is 0 Å². The molecule has 2 N–H and O–H groups in total. The number of aromatic nitrogens is 1. The number of hydrogen-bond donors (Lipinski definition) is 2. The third kappa shape index (κ3) is 3.71. The van der Waals surface area contributed by atoms with Gasteiger partial charge < -0.3 is 14.4 Å². The monoisotopic (exact) mass is 388 g/mol. The minimum atomic E-state index is -3.75. The highest BCUT2D eigenvalue weighted by Gasteiger charge is 2.21. The van der Waals surface area contributed by atoms with E-state index in [1.807, 2.05) is 42.1 Å². The van der Waals surface area contributed by atoms with Crippen LogP contribution in [0.5, 0.6) is 5.75 Å². The molecule has 0 unspecified atom stereocenters. The first-order valence-electron chi connectivity index (χ1n) is 8.61. The Morgan fingerprint density at radius 1 is 1.19 bits per heavy atom. The summed E-state index contributed by atoms with van der Waals surface area (Å²) in [7, 11) is -0.300. The summed E-state index contributed by atoms with van der Waals surface area (Å²) in [6.07, 6.45) is 0.872. The molecule has 0 aliphatic carbocycles. The van der Waals surface area contributed by atoms with Crippen LogP contribution in [0.3, 0.4) is 0 Å². The zero-order valence-electron chi connectivity index (χ0n) is 15.9. The first kappa shape index (κ1) is 19.4. The van der Waals surface area contributed by atoms with E-state index in [0.717, 1.165) is 22.0 Å². The molecule has 0 fully saturated rings. The van der Waals surface area contributed by atoms with Gasteiger partial charge in [0.2, 0.25) is 10.0 Å². The molecule has 0 amide bonds. The van der Waals surface area contributed by atoms with Crippen molar-refractivity contribution in [2.24, 2.45) is 7.05 Å². The predicted molar refractivity (Wildman–Crippen MR) is 106 cm³/mol. The fraction of sp³-hybridized carbons (Fsp3) is 0.300. The Morgan fingerprint density at radius 3 is 2.44 bits per heavy atom. The van der Waals surface area contributed by atoms with E-state index in [4.69, 9.17) is 4.74 Å². The van der Waals surface area contributed by atoms with Crippen LogP contribution in [0.1, 0.15) is 22.8 Å². The second kappa shape index (κ2) is 7.34. The van der Waals surface area contributed by atoms with Gasteiger partial charge in [0.15, 0.2) is 0 Å². The van der Waals surface area contributed by atoms with Crippen LogP contribution in [-0.4, -0.2) is 31.7 Å². The van der Waals surface area contributed by atoms with E-state index in [9.17, 15) is 13.5 Å². The van der Waals surface area contributed by atoms with Crippen molar-refractivity contribution in [1.82, 2.24) is 9.29 Å². The van der Waals surface area contributed by atoms with Crippen LogP contribution in [0, 0.1) is 13.8 Å². The molecule has 0 saturated carbocycles. The van der Waals surface area contributed by atoms with E-state index in [1.54, 1.807) is 33.1 Å². The molecule has 27 heavy (non-hydrogen) atoms. The molecule has 1 aromatic heterocycles. The van der Waals surface area contributed by atoms with Crippen LogP contribution in [-0.2, 0) is 17.1 Å². The molecule has 1 heterocycles. The number of nitrogens with zero attached hydrogens (tertiary/aromatic N) is 1. The van der Waals surface area contributed by atoms with Crippen LogP contribution in [0.25, 0.3) is 10.9 Å². The highest BCUT2D eigenvalue weighted by atomic mass is 32.2. The fourth-order valence-corrected chi connectivity index (χ4v) is 4.62. The topological polar surface area (TPSA) is 80.6 Å². The van der Waals surface area contributed by atoms with Crippen molar-refractivity contribution in [3.05, 3.63) is 59.3 Å². The van der Waals surface area contributed by atoms with Gasteiger partial charge >= 0.3 is 0 Å². The number of nitrogens with one attached hydrogen (secondary N) is 1. The SMILES string of the molecule is COc1c(C)cc(S(=O)(=O)NC[C@H](O)c2cn(C)c3ccccc23)cc1C. The number of aliphatic hydroxyl groups is 1. The van der Waals surface area contributed by atoms with E-state index in [1.165, 1.54) is 0 Å². The van der Waals surface area contributed by atoms with E-state index >= 15 is 0 Å². The molecule has 3 rings (SSSR count). The third-order valence-electron chi connectivity index (χ3n) is 4.70. The second-order valence-electron chi connectivity index (χ2n) is 6.67. The standard InChI is InChI=1S/C20H24N2O4S/c1-13-9-15(10-14(2)20(13)26-4)27(24,25)21-11-19(23)17-12-22(3)18-8-6-5-7-16(17)18/h5-10,12,19,21,23H,11H2,1-4H3/t19-/m0/s1. The van der Waals surface area contributed by atoms with Crippen molar-refractivity contribution in [2.75, 3.05) is 13.7 Å². The van der Waals surface area contributed by atoms with Crippen LogP contribution >= 0.6 is 0 Å². The van der Waals surface area contributed by atoms with Crippen molar-refractivity contribution in [3.8, 4) is 5.75 Å². The Balaban J connectivity index is 1.83. The second-order valence-corrected chi connectivity index (χ2v) is 8.44. The number of aryl methyl sites for hydroxylation is 3. The smallest absolute Gasteiger partial charge is 0.240 e. The Bertz CT molecular complexity index is 1060. The number of ether oxygens (including phenoxy) is 1. The predicted octanol–water partition coefficient (Wildman–Crippen LogP) is 2.82. The molecule has 144 valence electrons. The molecule has 0 aliphatic heterocycles. The van der Waals surface area contributed by atoms with Gasteiger partial charge in [0.25, 0.3) is 0 Å². The van der Waals surface area contributed by atoms with Crippen LogP contribution < -0.4 is 9.46 Å². The third-order valence-corrected chi connectivity index (χ3v) is 6.10. The number of aliphatic hydroxyl groups excluding tert-OH is 1. The summed E-state index contributed by atoms with van der Waals surface area (Å²) in [6, 6.07) is 10.8. The summed E-state index contributed by atoms with van der Waals surface area (Å²) in [4.78, 5) is 0.156. The van der Waals surface area contributed by atoms with E-state index in [2.05, 4.69) is 4.72 Å².